The molecule has 0 radical (unpaired) electrons. The van der Waals surface area contributed by atoms with Crippen molar-refractivity contribution in [2.24, 2.45) is 5.41 Å². The molecule has 0 saturated heterocycles. The van der Waals surface area contributed by atoms with Crippen LogP contribution in [0.5, 0.6) is 0 Å². The highest BCUT2D eigenvalue weighted by Gasteiger charge is 2.56. The third kappa shape index (κ3) is 2.35. The molecule has 0 fully saturated rings. The first kappa shape index (κ1) is 17.9. The van der Waals surface area contributed by atoms with Crippen LogP contribution in [-0.4, -0.2) is 23.2 Å². The largest absolute Gasteiger partial charge is 0.307 e. The third-order valence-electron chi connectivity index (χ3n) is 5.64. The van der Waals surface area contributed by atoms with Gasteiger partial charge < -0.3 is 9.69 Å². The van der Waals surface area contributed by atoms with Crippen LogP contribution in [0.2, 0.25) is 0 Å². The molecule has 0 spiro atoms. The number of benzene rings is 1. The number of carbonyl (C=O) groups is 2. The Morgan fingerprint density at radius 1 is 1.07 bits per heavy atom. The van der Waals surface area contributed by atoms with Gasteiger partial charge in [0.1, 0.15) is 5.41 Å². The van der Waals surface area contributed by atoms with Crippen LogP contribution in [-0.2, 0) is 15.0 Å². The van der Waals surface area contributed by atoms with Crippen LogP contribution in [0.25, 0.3) is 4.85 Å². The van der Waals surface area contributed by atoms with Gasteiger partial charge in [-0.1, -0.05) is 56.3 Å². The first-order valence-electron chi connectivity index (χ1n) is 9.06. The summed E-state index contributed by atoms with van der Waals surface area (Å²) in [6.45, 7) is 11.5. The normalized spacial score (nSPS) is 23.4. The molecule has 0 saturated carbocycles. The van der Waals surface area contributed by atoms with E-state index in [4.69, 9.17) is 6.57 Å². The molecule has 2 aromatic rings. The molecular weight excluding hydrogens is 350 g/mol. The summed E-state index contributed by atoms with van der Waals surface area (Å²) in [4.78, 5) is 36.0. The zero-order valence-electron chi connectivity index (χ0n) is 15.7. The summed E-state index contributed by atoms with van der Waals surface area (Å²) in [7, 11) is 0. The molecule has 2 aliphatic rings. The van der Waals surface area contributed by atoms with E-state index in [1.165, 1.54) is 0 Å². The summed E-state index contributed by atoms with van der Waals surface area (Å²) in [5.41, 5.74) is 0.115. The van der Waals surface area contributed by atoms with E-state index in [2.05, 4.69) is 9.83 Å². The molecule has 1 aromatic heterocycles. The summed E-state index contributed by atoms with van der Waals surface area (Å²) >= 11 is 0. The monoisotopic (exact) mass is 369 g/mol. The number of pyridine rings is 1. The predicted octanol–water partition coefficient (Wildman–Crippen LogP) is 3.70. The number of amides is 1. The Bertz CT molecular complexity index is 1060. The Morgan fingerprint density at radius 3 is 2.39 bits per heavy atom. The highest BCUT2D eigenvalue weighted by Crippen LogP contribution is 2.52. The van der Waals surface area contributed by atoms with Crippen molar-refractivity contribution in [1.29, 1.82) is 0 Å². The minimum absolute atomic E-state index is 0.0101. The fourth-order valence-corrected chi connectivity index (χ4v) is 4.25. The second-order valence-corrected chi connectivity index (χ2v) is 7.51. The minimum Gasteiger partial charge on any atom is -0.307 e. The van der Waals surface area contributed by atoms with Gasteiger partial charge in [-0.2, -0.15) is 0 Å². The van der Waals surface area contributed by atoms with Crippen LogP contribution in [0.1, 0.15) is 19.4 Å². The number of anilines is 1. The maximum Gasteiger partial charge on any atom is 0.244 e. The zero-order valence-corrected chi connectivity index (χ0v) is 15.7. The SMILES string of the molecule is [C-]#[N+]C1=C[C@@]2(c3ccccc3)C(=O)N(c3ccncc3)CC=C2C(C)(C)C1=O. The van der Waals surface area contributed by atoms with Crippen LogP contribution in [0.3, 0.4) is 0 Å². The Hall–Kier alpha value is -3.52. The fraction of sp³-hybridized carbons (Fsp3) is 0.217. The highest BCUT2D eigenvalue weighted by atomic mass is 16.2. The number of allylic oxidation sites excluding steroid dienone is 1. The van der Waals surface area contributed by atoms with Gasteiger partial charge in [-0.3, -0.25) is 9.78 Å². The molecule has 1 aromatic carbocycles. The van der Waals surface area contributed by atoms with Gasteiger partial charge in [0.15, 0.2) is 5.78 Å². The Balaban J connectivity index is 2.03. The Labute approximate surface area is 163 Å². The van der Waals surface area contributed by atoms with E-state index in [1.807, 2.05) is 36.4 Å². The Morgan fingerprint density at radius 2 is 1.75 bits per heavy atom. The van der Waals surface area contributed by atoms with Gasteiger partial charge in [0, 0.05) is 30.0 Å². The number of Topliss-reactive ketones (excluding diaryl/α,β-unsaturated/α-hetero) is 1. The van der Waals surface area contributed by atoms with Crippen molar-refractivity contribution in [3.63, 3.8) is 0 Å². The van der Waals surface area contributed by atoms with Crippen molar-refractivity contribution in [2.45, 2.75) is 19.3 Å². The van der Waals surface area contributed by atoms with E-state index in [1.54, 1.807) is 49.3 Å². The highest BCUT2D eigenvalue weighted by molar-refractivity contribution is 6.14. The number of rotatable bonds is 2. The van der Waals surface area contributed by atoms with Gasteiger partial charge in [0.25, 0.3) is 0 Å². The van der Waals surface area contributed by atoms with E-state index in [0.29, 0.717) is 6.54 Å². The van der Waals surface area contributed by atoms with E-state index in [0.717, 1.165) is 16.8 Å². The van der Waals surface area contributed by atoms with Crippen molar-refractivity contribution in [1.82, 2.24) is 4.98 Å². The molecule has 1 amide bonds. The van der Waals surface area contributed by atoms with E-state index < -0.39 is 10.8 Å². The lowest BCUT2D eigenvalue weighted by atomic mass is 9.57. The second-order valence-electron chi connectivity index (χ2n) is 7.51. The number of ketones is 1. The van der Waals surface area contributed by atoms with Crippen molar-refractivity contribution >= 4 is 17.4 Å². The molecule has 0 unspecified atom stereocenters. The maximum atomic E-state index is 13.9. The number of fused-ring (bicyclic) bond motifs is 1. The average Bonchev–Trinajstić information content (AvgIpc) is 2.73. The fourth-order valence-electron chi connectivity index (χ4n) is 4.25. The lowest BCUT2D eigenvalue weighted by Crippen LogP contribution is -2.56. The van der Waals surface area contributed by atoms with Gasteiger partial charge in [-0.05, 0) is 23.3 Å². The molecule has 0 bridgehead atoms. The summed E-state index contributed by atoms with van der Waals surface area (Å²) in [6, 6.07) is 13.0. The first-order valence-corrected chi connectivity index (χ1v) is 9.06. The van der Waals surface area contributed by atoms with Gasteiger partial charge in [-0.15, -0.1) is 0 Å². The topological polar surface area (TPSA) is 54.6 Å². The average molecular weight is 369 g/mol. The smallest absolute Gasteiger partial charge is 0.244 e. The number of carbonyl (C=O) groups excluding carboxylic acids is 2. The number of hydrogen-bond donors (Lipinski definition) is 0. The van der Waals surface area contributed by atoms with Crippen molar-refractivity contribution in [3.8, 4) is 0 Å². The van der Waals surface area contributed by atoms with E-state index in [9.17, 15) is 9.59 Å². The summed E-state index contributed by atoms with van der Waals surface area (Å²) < 4.78 is 0. The number of nitrogens with zero attached hydrogens (tertiary/aromatic N) is 3. The number of aromatic nitrogens is 1. The molecule has 5 nitrogen and oxygen atoms in total. The summed E-state index contributed by atoms with van der Waals surface area (Å²) in [5, 5.41) is 0. The summed E-state index contributed by atoms with van der Waals surface area (Å²) in [5.74, 6) is -0.408. The lowest BCUT2D eigenvalue weighted by Gasteiger charge is -2.48. The van der Waals surface area contributed by atoms with Crippen LogP contribution >= 0.6 is 0 Å². The molecule has 5 heteroatoms. The van der Waals surface area contributed by atoms with Crippen LogP contribution in [0, 0.1) is 12.0 Å². The molecule has 28 heavy (non-hydrogen) atoms. The van der Waals surface area contributed by atoms with E-state index >= 15 is 0 Å². The lowest BCUT2D eigenvalue weighted by molar-refractivity contribution is -0.125. The first-order chi connectivity index (χ1) is 13.4. The molecule has 1 aliphatic heterocycles. The van der Waals surface area contributed by atoms with Gasteiger partial charge in [0.05, 0.1) is 6.57 Å². The van der Waals surface area contributed by atoms with Crippen LogP contribution in [0.4, 0.5) is 5.69 Å². The Kier molecular flexibility index (Phi) is 4.01. The molecule has 138 valence electrons. The van der Waals surface area contributed by atoms with Crippen LogP contribution < -0.4 is 4.90 Å². The molecule has 2 heterocycles. The number of hydrogen-bond acceptors (Lipinski definition) is 3. The van der Waals surface area contributed by atoms with Crippen molar-refractivity contribution < 1.29 is 9.59 Å². The van der Waals surface area contributed by atoms with Crippen LogP contribution in [0.15, 0.2) is 78.3 Å². The molecule has 1 atom stereocenters. The molecule has 4 rings (SSSR count). The molecule has 0 N–H and O–H groups in total. The second kappa shape index (κ2) is 6.28. The van der Waals surface area contributed by atoms with Gasteiger partial charge in [-0.25, -0.2) is 4.85 Å². The van der Waals surface area contributed by atoms with E-state index in [-0.39, 0.29) is 17.4 Å². The predicted molar refractivity (Wildman–Crippen MR) is 106 cm³/mol. The molecule has 1 aliphatic carbocycles. The van der Waals surface area contributed by atoms with Crippen molar-refractivity contribution in [3.05, 3.63) is 95.3 Å². The third-order valence-corrected chi connectivity index (χ3v) is 5.64. The van der Waals surface area contributed by atoms with Crippen molar-refractivity contribution in [2.75, 3.05) is 11.4 Å². The molecular formula is C23H19N3O2. The quantitative estimate of drug-likeness (QED) is 0.599. The minimum atomic E-state index is -1.18. The zero-order chi connectivity index (χ0) is 19.9. The van der Waals surface area contributed by atoms with Gasteiger partial charge in [0.2, 0.25) is 11.6 Å². The standard InChI is InChI=1S/C23H19N3O2/c1-22(2)19-11-14-26(17-9-12-25-13-10-17)21(28)23(19,15-18(24-3)20(22)27)16-7-5-4-6-8-16/h4-13,15H,14H2,1-2H3/t23-/m0/s1. The summed E-state index contributed by atoms with van der Waals surface area (Å²) in [6.07, 6.45) is 6.81. The van der Waals surface area contributed by atoms with Gasteiger partial charge >= 0.3 is 0 Å². The maximum absolute atomic E-state index is 13.9.